The number of hydrogen-bond acceptors (Lipinski definition) is 5. The normalized spacial score (nSPS) is 18.8. The van der Waals surface area contributed by atoms with E-state index >= 15 is 0 Å². The molecule has 26 heavy (non-hydrogen) atoms. The highest BCUT2D eigenvalue weighted by Crippen LogP contribution is 2.22. The van der Waals surface area contributed by atoms with E-state index in [1.54, 1.807) is 17.3 Å². The fraction of sp³-hybridized carbons (Fsp3) is 0.632. The van der Waals surface area contributed by atoms with Crippen molar-refractivity contribution >= 4 is 18.2 Å². The van der Waals surface area contributed by atoms with Gasteiger partial charge in [-0.25, -0.2) is 9.59 Å². The highest BCUT2D eigenvalue weighted by molar-refractivity contribution is 5.87. The maximum absolute atomic E-state index is 12.2. The van der Waals surface area contributed by atoms with E-state index in [0.29, 0.717) is 31.8 Å². The molecule has 1 fully saturated rings. The molecule has 0 bridgehead atoms. The van der Waals surface area contributed by atoms with Crippen LogP contribution < -0.4 is 0 Å². The summed E-state index contributed by atoms with van der Waals surface area (Å²) in [5.41, 5.74) is -0.550. The van der Waals surface area contributed by atoms with Crippen molar-refractivity contribution in [3.05, 3.63) is 24.6 Å². The van der Waals surface area contributed by atoms with E-state index in [1.807, 2.05) is 32.9 Å². The van der Waals surface area contributed by atoms with Crippen molar-refractivity contribution < 1.29 is 23.9 Å². The first-order valence-corrected chi connectivity index (χ1v) is 9.08. The predicted molar refractivity (Wildman–Crippen MR) is 95.9 cm³/mol. The number of hydrogen-bond donors (Lipinski definition) is 0. The van der Waals surface area contributed by atoms with Gasteiger partial charge in [-0.05, 0) is 46.0 Å². The Labute approximate surface area is 154 Å². The zero-order valence-corrected chi connectivity index (χ0v) is 15.9. The molecule has 2 heterocycles. The molecule has 0 aromatic rings. The van der Waals surface area contributed by atoms with Crippen LogP contribution in [0, 0.1) is 11.8 Å². The number of ether oxygens (including phenoxy) is 2. The van der Waals surface area contributed by atoms with Gasteiger partial charge in [0.15, 0.2) is 0 Å². The van der Waals surface area contributed by atoms with Crippen LogP contribution in [0.2, 0.25) is 0 Å². The monoisotopic (exact) mass is 364 g/mol. The Balaban J connectivity index is 1.79. The Bertz CT molecular complexity index is 584. The van der Waals surface area contributed by atoms with Gasteiger partial charge in [0.2, 0.25) is 0 Å². The molecule has 0 aliphatic carbocycles. The topological polar surface area (TPSA) is 76.2 Å². The second kappa shape index (κ2) is 8.38. The third-order valence-electron chi connectivity index (χ3n) is 4.34. The zero-order chi connectivity index (χ0) is 19.3. The third-order valence-corrected chi connectivity index (χ3v) is 4.34. The van der Waals surface area contributed by atoms with Crippen molar-refractivity contribution in [1.29, 1.82) is 0 Å². The van der Waals surface area contributed by atoms with Crippen molar-refractivity contribution in [2.75, 3.05) is 13.1 Å². The van der Waals surface area contributed by atoms with Gasteiger partial charge in [0.1, 0.15) is 5.60 Å². The Hall–Kier alpha value is -2.31. The predicted octanol–water partition coefficient (Wildman–Crippen LogP) is 3.67. The van der Waals surface area contributed by atoms with Crippen LogP contribution >= 0.6 is 0 Å². The number of nitrogens with zero attached hydrogens (tertiary/aromatic N) is 2. The van der Waals surface area contributed by atoms with Gasteiger partial charge in [0, 0.05) is 25.5 Å². The maximum atomic E-state index is 12.2. The highest BCUT2D eigenvalue weighted by Gasteiger charge is 2.32. The number of rotatable bonds is 2. The summed E-state index contributed by atoms with van der Waals surface area (Å²) in [5, 5.41) is 0. The number of piperidine rings is 1. The lowest BCUT2D eigenvalue weighted by Crippen LogP contribution is -2.43. The molecule has 0 saturated carbocycles. The minimum atomic E-state index is -0.702. The lowest BCUT2D eigenvalue weighted by atomic mass is 9.97. The minimum Gasteiger partial charge on any atom is -0.444 e. The first kappa shape index (κ1) is 20.0. The van der Waals surface area contributed by atoms with Gasteiger partial charge in [-0.2, -0.15) is 0 Å². The highest BCUT2D eigenvalue weighted by atomic mass is 16.6. The van der Waals surface area contributed by atoms with Crippen LogP contribution in [0.4, 0.5) is 9.59 Å². The van der Waals surface area contributed by atoms with E-state index in [2.05, 4.69) is 6.92 Å². The molecule has 7 heteroatoms. The molecular weight excluding hydrogens is 336 g/mol. The molecule has 0 N–H and O–H groups in total. The van der Waals surface area contributed by atoms with Crippen LogP contribution in [0.3, 0.4) is 0 Å². The van der Waals surface area contributed by atoms with Crippen molar-refractivity contribution in [3.63, 3.8) is 0 Å². The summed E-state index contributed by atoms with van der Waals surface area (Å²) in [7, 11) is 0. The number of carbonyl (C=O) groups is 3. The third kappa shape index (κ3) is 5.61. The van der Waals surface area contributed by atoms with Crippen molar-refractivity contribution in [1.82, 2.24) is 9.80 Å². The summed E-state index contributed by atoms with van der Waals surface area (Å²) in [6.07, 6.45) is 7.80. The molecule has 0 unspecified atom stereocenters. The average Bonchev–Trinajstić information content (AvgIpc) is 2.60. The summed E-state index contributed by atoms with van der Waals surface area (Å²) >= 11 is 0. The molecule has 0 aromatic heterocycles. The number of allylic oxidation sites excluding steroid dienone is 2. The molecule has 0 spiro atoms. The SMILES string of the molecule is CCC1C=CN(C(=O)OC(=O)C2CCN(C(=O)OC(C)(C)C)CC2)C=C1. The summed E-state index contributed by atoms with van der Waals surface area (Å²) < 4.78 is 10.3. The minimum absolute atomic E-state index is 0.298. The average molecular weight is 364 g/mol. The maximum Gasteiger partial charge on any atom is 0.425 e. The molecular formula is C19H28N2O5. The fourth-order valence-corrected chi connectivity index (χ4v) is 2.76. The second-order valence-corrected chi connectivity index (χ2v) is 7.59. The van der Waals surface area contributed by atoms with Gasteiger partial charge in [-0.1, -0.05) is 19.1 Å². The molecule has 1 saturated heterocycles. The van der Waals surface area contributed by atoms with Crippen LogP contribution in [-0.2, 0) is 14.3 Å². The van der Waals surface area contributed by atoms with Crippen LogP contribution in [-0.4, -0.2) is 46.6 Å². The van der Waals surface area contributed by atoms with E-state index in [1.165, 1.54) is 4.90 Å². The van der Waals surface area contributed by atoms with E-state index in [4.69, 9.17) is 9.47 Å². The van der Waals surface area contributed by atoms with Gasteiger partial charge in [0.05, 0.1) is 5.92 Å². The van der Waals surface area contributed by atoms with Gasteiger partial charge in [-0.3, -0.25) is 9.69 Å². The summed E-state index contributed by atoms with van der Waals surface area (Å²) in [6.45, 7) is 8.31. The first-order chi connectivity index (χ1) is 12.2. The molecule has 144 valence electrons. The van der Waals surface area contributed by atoms with Crippen molar-refractivity contribution in [3.8, 4) is 0 Å². The van der Waals surface area contributed by atoms with Gasteiger partial charge < -0.3 is 14.4 Å². The summed E-state index contributed by atoms with van der Waals surface area (Å²) in [5.74, 6) is -0.635. The summed E-state index contributed by atoms with van der Waals surface area (Å²) in [4.78, 5) is 39.2. The lowest BCUT2D eigenvalue weighted by Gasteiger charge is -2.32. The van der Waals surface area contributed by atoms with Crippen LogP contribution in [0.25, 0.3) is 0 Å². The Morgan fingerprint density at radius 2 is 1.62 bits per heavy atom. The number of esters is 1. The molecule has 0 radical (unpaired) electrons. The zero-order valence-electron chi connectivity index (χ0n) is 15.9. The van der Waals surface area contributed by atoms with E-state index in [9.17, 15) is 14.4 Å². The fourth-order valence-electron chi connectivity index (χ4n) is 2.76. The number of likely N-dealkylation sites (tertiary alicyclic amines) is 1. The van der Waals surface area contributed by atoms with Crippen LogP contribution in [0.15, 0.2) is 24.6 Å². The largest absolute Gasteiger partial charge is 0.444 e. The van der Waals surface area contributed by atoms with Gasteiger partial charge in [-0.15, -0.1) is 0 Å². The molecule has 2 amide bonds. The Morgan fingerprint density at radius 3 is 2.12 bits per heavy atom. The molecule has 2 rings (SSSR count). The van der Waals surface area contributed by atoms with E-state index in [0.717, 1.165) is 6.42 Å². The summed E-state index contributed by atoms with van der Waals surface area (Å²) in [6, 6.07) is 0. The van der Waals surface area contributed by atoms with Gasteiger partial charge in [0.25, 0.3) is 0 Å². The molecule has 2 aliphatic rings. The van der Waals surface area contributed by atoms with Crippen LogP contribution in [0.5, 0.6) is 0 Å². The molecule has 2 aliphatic heterocycles. The number of amides is 2. The molecule has 7 nitrogen and oxygen atoms in total. The molecule has 0 atom stereocenters. The van der Waals surface area contributed by atoms with Crippen LogP contribution in [0.1, 0.15) is 47.0 Å². The quantitative estimate of drug-likeness (QED) is 0.552. The van der Waals surface area contributed by atoms with E-state index in [-0.39, 0.29) is 6.09 Å². The lowest BCUT2D eigenvalue weighted by molar-refractivity contribution is -0.144. The van der Waals surface area contributed by atoms with Crippen molar-refractivity contribution in [2.24, 2.45) is 11.8 Å². The van der Waals surface area contributed by atoms with E-state index < -0.39 is 23.6 Å². The smallest absolute Gasteiger partial charge is 0.425 e. The Kier molecular flexibility index (Phi) is 6.45. The van der Waals surface area contributed by atoms with Crippen molar-refractivity contribution in [2.45, 2.75) is 52.6 Å². The first-order valence-electron chi connectivity index (χ1n) is 9.08. The standard InChI is InChI=1S/C19H28N2O5/c1-5-14-6-10-20(11-7-14)17(23)25-16(22)15-8-12-21(13-9-15)18(24)26-19(2,3)4/h6-7,10-11,14-15H,5,8-9,12-13H2,1-4H3. The molecule has 0 aromatic carbocycles. The second-order valence-electron chi connectivity index (χ2n) is 7.59. The van der Waals surface area contributed by atoms with Gasteiger partial charge >= 0.3 is 18.2 Å². The Morgan fingerprint density at radius 1 is 1.04 bits per heavy atom. The number of carbonyl (C=O) groups excluding carboxylic acids is 3.